The van der Waals surface area contributed by atoms with E-state index in [-0.39, 0.29) is 22.2 Å². The molecule has 1 aromatic heterocycles. The summed E-state index contributed by atoms with van der Waals surface area (Å²) in [5.74, 6) is 1.50. The topological polar surface area (TPSA) is 52.3 Å². The van der Waals surface area contributed by atoms with Gasteiger partial charge < -0.3 is 9.15 Å². The summed E-state index contributed by atoms with van der Waals surface area (Å²) in [4.78, 5) is 4.24. The summed E-state index contributed by atoms with van der Waals surface area (Å²) >= 11 is 0. The number of hydrogen-bond donors (Lipinski definition) is 0. The average Bonchev–Trinajstić information content (AvgIpc) is 2.96. The summed E-state index contributed by atoms with van der Waals surface area (Å²) in [5.41, 5.74) is 0.415. The van der Waals surface area contributed by atoms with Crippen LogP contribution >= 0.6 is 0 Å². The summed E-state index contributed by atoms with van der Waals surface area (Å²) in [5, 5.41) is -0.390. The zero-order valence-corrected chi connectivity index (χ0v) is 14.9. The fourth-order valence-electron chi connectivity index (χ4n) is 2.07. The van der Waals surface area contributed by atoms with Crippen LogP contribution in [0.4, 0.5) is 4.39 Å². The van der Waals surface area contributed by atoms with Gasteiger partial charge >= 0.3 is 0 Å². The van der Waals surface area contributed by atoms with Crippen molar-refractivity contribution in [2.75, 3.05) is 7.11 Å². The zero-order valence-electron chi connectivity index (χ0n) is 14.1. The molecule has 0 saturated carbocycles. The van der Waals surface area contributed by atoms with Gasteiger partial charge in [0.1, 0.15) is 22.6 Å². The summed E-state index contributed by atoms with van der Waals surface area (Å²) in [7, 11) is 0.203. The molecule has 0 radical (unpaired) electrons. The molecular formula is C17H22FNO3S. The highest BCUT2D eigenvalue weighted by Gasteiger charge is 2.24. The third-order valence-electron chi connectivity index (χ3n) is 3.55. The van der Waals surface area contributed by atoms with Crippen molar-refractivity contribution in [3.05, 3.63) is 47.4 Å². The normalized spacial score (nSPS) is 14.5. The molecule has 1 aromatic carbocycles. The van der Waals surface area contributed by atoms with E-state index in [2.05, 4.69) is 4.98 Å². The number of rotatable bonds is 5. The molecule has 4 nitrogen and oxygen atoms in total. The lowest BCUT2D eigenvalue weighted by Gasteiger charge is -2.14. The van der Waals surface area contributed by atoms with E-state index >= 15 is 0 Å². The Kier molecular flexibility index (Phi) is 5.24. The van der Waals surface area contributed by atoms with E-state index in [4.69, 9.17) is 9.15 Å². The van der Waals surface area contributed by atoms with Gasteiger partial charge in [0.25, 0.3) is 0 Å². The van der Waals surface area contributed by atoms with Crippen LogP contribution < -0.4 is 4.74 Å². The van der Waals surface area contributed by atoms with E-state index in [1.165, 1.54) is 25.3 Å². The predicted molar refractivity (Wildman–Crippen MR) is 88.4 cm³/mol. The van der Waals surface area contributed by atoms with E-state index in [0.29, 0.717) is 17.2 Å². The zero-order chi connectivity index (χ0) is 17.2. The van der Waals surface area contributed by atoms with Crippen LogP contribution in [0.3, 0.4) is 0 Å². The standard InChI is InChI=1S/C17H22FNO3S/c1-11(16-19-9-15(22-16)17(2,3)4)23(20)10-12-8-13(18)6-7-14(12)21-5/h6-9,11H,10H2,1-5H3/t11-,23+/m0/s1. The van der Waals surface area contributed by atoms with E-state index in [9.17, 15) is 8.60 Å². The Bertz CT molecular complexity index is 706. The third-order valence-corrected chi connectivity index (χ3v) is 5.13. The summed E-state index contributed by atoms with van der Waals surface area (Å²) in [6.45, 7) is 7.86. The number of benzene rings is 1. The lowest BCUT2D eigenvalue weighted by atomic mass is 9.94. The smallest absolute Gasteiger partial charge is 0.209 e. The maximum absolute atomic E-state index is 13.4. The average molecular weight is 339 g/mol. The number of nitrogens with zero attached hydrogens (tertiary/aromatic N) is 1. The Balaban J connectivity index is 2.17. The Morgan fingerprint density at radius 3 is 2.65 bits per heavy atom. The van der Waals surface area contributed by atoms with Crippen LogP contribution in [0, 0.1) is 5.82 Å². The van der Waals surface area contributed by atoms with E-state index < -0.39 is 10.8 Å². The van der Waals surface area contributed by atoms with Gasteiger partial charge in [-0.2, -0.15) is 0 Å². The highest BCUT2D eigenvalue weighted by atomic mass is 32.2. The van der Waals surface area contributed by atoms with Crippen LogP contribution in [0.1, 0.15) is 50.2 Å². The lowest BCUT2D eigenvalue weighted by molar-refractivity contribution is 0.382. The molecule has 23 heavy (non-hydrogen) atoms. The van der Waals surface area contributed by atoms with Gasteiger partial charge in [-0.25, -0.2) is 9.37 Å². The van der Waals surface area contributed by atoms with Gasteiger partial charge in [-0.3, -0.25) is 4.21 Å². The molecule has 2 atom stereocenters. The summed E-state index contributed by atoms with van der Waals surface area (Å²) in [6.07, 6.45) is 1.67. The number of aromatic nitrogens is 1. The predicted octanol–water partition coefficient (Wildman–Crippen LogP) is 4.13. The van der Waals surface area contributed by atoms with Crippen molar-refractivity contribution in [2.24, 2.45) is 0 Å². The third kappa shape index (κ3) is 4.19. The van der Waals surface area contributed by atoms with Gasteiger partial charge in [0.15, 0.2) is 0 Å². The Labute approximate surface area is 138 Å². The van der Waals surface area contributed by atoms with Crippen molar-refractivity contribution in [1.29, 1.82) is 0 Å². The van der Waals surface area contributed by atoms with E-state index in [1.54, 1.807) is 13.1 Å². The minimum absolute atomic E-state index is 0.155. The van der Waals surface area contributed by atoms with Gasteiger partial charge in [0.05, 0.1) is 19.1 Å². The quantitative estimate of drug-likeness (QED) is 0.822. The molecule has 0 N–H and O–H groups in total. The highest BCUT2D eigenvalue weighted by molar-refractivity contribution is 7.84. The molecular weight excluding hydrogens is 317 g/mol. The first kappa shape index (κ1) is 17.7. The number of hydrogen-bond acceptors (Lipinski definition) is 4. The van der Waals surface area contributed by atoms with Gasteiger partial charge in [0.2, 0.25) is 5.89 Å². The van der Waals surface area contributed by atoms with E-state index in [0.717, 1.165) is 5.76 Å². The van der Waals surface area contributed by atoms with Crippen molar-refractivity contribution < 1.29 is 17.8 Å². The highest BCUT2D eigenvalue weighted by Crippen LogP contribution is 2.29. The van der Waals surface area contributed by atoms with Crippen LogP contribution in [-0.2, 0) is 22.0 Å². The molecule has 0 fully saturated rings. The number of oxazole rings is 1. The molecule has 0 aliphatic heterocycles. The van der Waals surface area contributed by atoms with Crippen molar-refractivity contribution >= 4 is 10.8 Å². The first-order chi connectivity index (χ1) is 10.7. The molecule has 1 heterocycles. The molecule has 0 amide bonds. The maximum Gasteiger partial charge on any atom is 0.209 e. The fourth-order valence-corrected chi connectivity index (χ4v) is 3.19. The summed E-state index contributed by atoms with van der Waals surface area (Å²) < 4.78 is 36.9. The van der Waals surface area contributed by atoms with Crippen LogP contribution in [0.25, 0.3) is 0 Å². The van der Waals surface area contributed by atoms with Crippen molar-refractivity contribution in [3.63, 3.8) is 0 Å². The van der Waals surface area contributed by atoms with Crippen molar-refractivity contribution in [3.8, 4) is 5.75 Å². The molecule has 0 spiro atoms. The minimum atomic E-state index is -1.30. The van der Waals surface area contributed by atoms with Crippen LogP contribution in [0.2, 0.25) is 0 Å². The fraction of sp³-hybridized carbons (Fsp3) is 0.471. The molecule has 126 valence electrons. The summed E-state index contributed by atoms with van der Waals surface area (Å²) in [6, 6.07) is 4.20. The van der Waals surface area contributed by atoms with Gasteiger partial charge in [-0.15, -0.1) is 0 Å². The maximum atomic E-state index is 13.4. The molecule has 0 aliphatic rings. The molecule has 0 saturated heterocycles. The molecule has 0 aliphatic carbocycles. The monoisotopic (exact) mass is 339 g/mol. The minimum Gasteiger partial charge on any atom is -0.496 e. The number of halogens is 1. The van der Waals surface area contributed by atoms with Crippen LogP contribution in [0.15, 0.2) is 28.8 Å². The Hall–Kier alpha value is -1.69. The van der Waals surface area contributed by atoms with Crippen LogP contribution in [0.5, 0.6) is 5.75 Å². The largest absolute Gasteiger partial charge is 0.496 e. The van der Waals surface area contributed by atoms with Gasteiger partial charge in [-0.1, -0.05) is 20.8 Å². The van der Waals surface area contributed by atoms with Crippen LogP contribution in [-0.4, -0.2) is 16.3 Å². The van der Waals surface area contributed by atoms with Crippen molar-refractivity contribution in [2.45, 2.75) is 44.1 Å². The van der Waals surface area contributed by atoms with E-state index in [1.807, 2.05) is 20.8 Å². The molecule has 2 rings (SSSR count). The Morgan fingerprint density at radius 1 is 1.39 bits per heavy atom. The second-order valence-electron chi connectivity index (χ2n) is 6.44. The molecule has 2 aromatic rings. The SMILES string of the molecule is COc1ccc(F)cc1C[S@@](=O)[C@@H](C)c1ncc(C(C)(C)C)o1. The lowest BCUT2D eigenvalue weighted by Crippen LogP contribution is -2.10. The second kappa shape index (κ2) is 6.83. The van der Waals surface area contributed by atoms with Gasteiger partial charge in [-0.05, 0) is 25.1 Å². The van der Waals surface area contributed by atoms with Crippen molar-refractivity contribution in [1.82, 2.24) is 4.98 Å². The van der Waals surface area contributed by atoms with Gasteiger partial charge in [0, 0.05) is 21.8 Å². The first-order valence-corrected chi connectivity index (χ1v) is 8.76. The Morgan fingerprint density at radius 2 is 2.09 bits per heavy atom. The molecule has 6 heteroatoms. The first-order valence-electron chi connectivity index (χ1n) is 7.38. The number of ether oxygens (including phenoxy) is 1. The molecule has 0 bridgehead atoms. The second-order valence-corrected chi connectivity index (χ2v) is 8.19. The molecule has 0 unspecified atom stereocenters. The number of methoxy groups -OCH3 is 1.